The minimum absolute atomic E-state index is 0.0132. The number of hydrogen-bond donors (Lipinski definition) is 2. The number of nitro groups is 1. The summed E-state index contributed by atoms with van der Waals surface area (Å²) in [6, 6.07) is 32.1. The first-order valence-electron chi connectivity index (χ1n) is 26.0. The Balaban J connectivity index is 1.38. The Morgan fingerprint density at radius 1 is 0.566 bits per heavy atom. The van der Waals surface area contributed by atoms with Crippen LogP contribution in [0.25, 0.3) is 0 Å². The molecule has 2 fully saturated rings. The Kier molecular flexibility index (Phi) is 23.8. The molecule has 76 heavy (non-hydrogen) atoms. The minimum Gasteiger partial charge on any atom is -0.463 e. The zero-order valence-electron chi connectivity index (χ0n) is 43.6. The third-order valence-corrected chi connectivity index (χ3v) is 12.9. The van der Waals surface area contributed by atoms with Gasteiger partial charge in [-0.1, -0.05) is 130 Å². The molecule has 0 aromatic heterocycles. The highest BCUT2D eigenvalue weighted by Crippen LogP contribution is 2.35. The number of nitrogens with one attached hydrogen (secondary N) is 2. The zero-order chi connectivity index (χ0) is 54.2. The summed E-state index contributed by atoms with van der Waals surface area (Å²) in [5, 5.41) is 17.3. The highest BCUT2D eigenvalue weighted by Gasteiger charge is 2.53. The molecule has 19 nitrogen and oxygen atoms in total. The Labute approximate surface area is 443 Å². The summed E-state index contributed by atoms with van der Waals surface area (Å²) >= 11 is 0. The van der Waals surface area contributed by atoms with Gasteiger partial charge in [0.25, 0.3) is 11.6 Å². The van der Waals surface area contributed by atoms with E-state index in [1.807, 2.05) is 91.0 Å². The van der Waals surface area contributed by atoms with Crippen LogP contribution in [0.2, 0.25) is 0 Å². The van der Waals surface area contributed by atoms with Crippen molar-refractivity contribution in [3.63, 3.8) is 0 Å². The summed E-state index contributed by atoms with van der Waals surface area (Å²) in [6.45, 7) is 5.70. The number of unbranched alkanes of at least 4 members (excludes halogenated alkanes) is 5. The number of ether oxygens (including phenoxy) is 9. The lowest BCUT2D eigenvalue weighted by Gasteiger charge is -2.48. The van der Waals surface area contributed by atoms with E-state index in [1.165, 1.54) is 25.5 Å². The quantitative estimate of drug-likeness (QED) is 0.0175. The molecule has 2 heterocycles. The lowest BCUT2D eigenvalue weighted by atomic mass is 9.91. The molecule has 6 rings (SSSR count). The molecule has 410 valence electrons. The Bertz CT molecular complexity index is 2430. The van der Waals surface area contributed by atoms with Crippen molar-refractivity contribution in [2.75, 3.05) is 19.8 Å². The number of nitrogens with zero attached hydrogens (tertiary/aromatic N) is 1. The van der Waals surface area contributed by atoms with E-state index in [-0.39, 0.29) is 56.4 Å². The second kappa shape index (κ2) is 30.8. The first-order valence-corrected chi connectivity index (χ1v) is 26.0. The summed E-state index contributed by atoms with van der Waals surface area (Å²) in [5.41, 5.74) is 2.33. The molecule has 0 spiro atoms. The van der Waals surface area contributed by atoms with Crippen LogP contribution in [0.5, 0.6) is 0 Å². The SMILES string of the molecule is CCCCCCCCNC(=O)CC[C@H]1O[C@H](CO[C@@H]2O[C@H](COC(C)=O)[C@@H](OC(C)=O)[C@H](OC(C)=O)[C@H]2NC(=O)c2ccc([N+](=O)[O-])cc2)[C@@H](OCc2ccccc2)[C@H](OCc2ccccc2)[C@H]1OCc1ccccc1. The first-order chi connectivity index (χ1) is 36.8. The lowest BCUT2D eigenvalue weighted by molar-refractivity contribution is -0.384. The van der Waals surface area contributed by atoms with Crippen molar-refractivity contribution in [1.82, 2.24) is 10.6 Å². The van der Waals surface area contributed by atoms with Crippen molar-refractivity contribution >= 4 is 35.4 Å². The van der Waals surface area contributed by atoms with Crippen LogP contribution in [0.15, 0.2) is 115 Å². The average Bonchev–Trinajstić information content (AvgIpc) is 3.41. The van der Waals surface area contributed by atoms with Crippen molar-refractivity contribution < 1.29 is 71.5 Å². The summed E-state index contributed by atoms with van der Waals surface area (Å²) in [7, 11) is 0. The fourth-order valence-electron chi connectivity index (χ4n) is 9.10. The van der Waals surface area contributed by atoms with Crippen molar-refractivity contribution in [1.29, 1.82) is 0 Å². The number of carbonyl (C=O) groups is 5. The van der Waals surface area contributed by atoms with E-state index >= 15 is 0 Å². The van der Waals surface area contributed by atoms with E-state index in [0.29, 0.717) is 6.54 Å². The second-order valence-corrected chi connectivity index (χ2v) is 18.8. The van der Waals surface area contributed by atoms with Crippen LogP contribution in [0.4, 0.5) is 5.69 Å². The molecule has 2 amide bonds. The molecule has 19 heteroatoms. The van der Waals surface area contributed by atoms with Gasteiger partial charge in [0.1, 0.15) is 43.2 Å². The Morgan fingerprint density at radius 2 is 1.08 bits per heavy atom. The molecule has 10 atom stereocenters. The maximum absolute atomic E-state index is 14.1. The molecule has 2 N–H and O–H groups in total. The standard InChI is InChI=1S/C57H71N3O16/c1-5-6-7-8-9-19-32-58-49(64)31-30-46-51(69-33-41-20-13-10-14-21-41)55(71-35-43-24-17-12-18-25-43)52(70-34-42-22-15-11-16-23-42)47(75-46)37-72-57-50(59-56(65)44-26-28-45(29-27-44)60(66)67)54(74-40(4)63)53(73-39(3)62)48(76-57)36-68-38(2)61/h10-18,20-29,46-48,50-55,57H,5-9,19,30-37H2,1-4H3,(H,58,64)(H,59,65)/t46-,47-,48-,50-,51+,52-,53-,54-,55-,57-/m1/s1. The normalized spacial score (nSPS) is 23.2. The molecule has 2 aliphatic rings. The molecular weight excluding hydrogens is 983 g/mol. The molecule has 2 saturated heterocycles. The van der Waals surface area contributed by atoms with E-state index in [0.717, 1.165) is 74.8 Å². The Morgan fingerprint density at radius 3 is 1.62 bits per heavy atom. The van der Waals surface area contributed by atoms with Crippen LogP contribution in [-0.4, -0.2) is 116 Å². The molecule has 0 saturated carbocycles. The molecule has 0 radical (unpaired) electrons. The van der Waals surface area contributed by atoms with Gasteiger partial charge in [-0.2, -0.15) is 0 Å². The average molecular weight is 1050 g/mol. The molecule has 4 aromatic carbocycles. The summed E-state index contributed by atoms with van der Waals surface area (Å²) in [5.74, 6) is -3.26. The summed E-state index contributed by atoms with van der Waals surface area (Å²) in [4.78, 5) is 76.3. The predicted molar refractivity (Wildman–Crippen MR) is 276 cm³/mol. The topological polar surface area (TPSA) is 236 Å². The van der Waals surface area contributed by atoms with Gasteiger partial charge in [-0.3, -0.25) is 34.1 Å². The number of amides is 2. The predicted octanol–water partition coefficient (Wildman–Crippen LogP) is 7.64. The van der Waals surface area contributed by atoms with Gasteiger partial charge < -0.3 is 53.3 Å². The van der Waals surface area contributed by atoms with E-state index in [2.05, 4.69) is 17.6 Å². The number of non-ortho nitro benzene ring substituents is 1. The van der Waals surface area contributed by atoms with Crippen molar-refractivity contribution in [3.8, 4) is 0 Å². The van der Waals surface area contributed by atoms with E-state index in [9.17, 15) is 34.1 Å². The molecule has 0 unspecified atom stereocenters. The molecule has 2 aliphatic heterocycles. The monoisotopic (exact) mass is 1050 g/mol. The van der Waals surface area contributed by atoms with E-state index in [4.69, 9.17) is 42.6 Å². The number of nitro benzene ring substituents is 1. The highest BCUT2D eigenvalue weighted by atomic mass is 16.7. The van der Waals surface area contributed by atoms with Gasteiger partial charge in [-0.25, -0.2) is 0 Å². The maximum Gasteiger partial charge on any atom is 0.303 e. The summed E-state index contributed by atoms with van der Waals surface area (Å²) in [6.07, 6.45) is -3.54. The minimum atomic E-state index is -1.56. The fraction of sp³-hybridized carbons (Fsp3) is 0.491. The molecular formula is C57H71N3O16. The largest absolute Gasteiger partial charge is 0.463 e. The van der Waals surface area contributed by atoms with Crippen molar-refractivity contribution in [3.05, 3.63) is 148 Å². The van der Waals surface area contributed by atoms with Crippen LogP contribution in [0, 0.1) is 10.1 Å². The summed E-state index contributed by atoms with van der Waals surface area (Å²) < 4.78 is 57.6. The smallest absolute Gasteiger partial charge is 0.303 e. The number of carbonyl (C=O) groups excluding carboxylic acids is 5. The van der Waals surface area contributed by atoms with Gasteiger partial charge in [-0.15, -0.1) is 0 Å². The fourth-order valence-corrected chi connectivity index (χ4v) is 9.10. The van der Waals surface area contributed by atoms with Crippen molar-refractivity contribution in [2.45, 2.75) is 160 Å². The van der Waals surface area contributed by atoms with Crippen LogP contribution < -0.4 is 10.6 Å². The van der Waals surface area contributed by atoms with Gasteiger partial charge in [0.05, 0.1) is 37.5 Å². The molecule has 4 aromatic rings. The van der Waals surface area contributed by atoms with Gasteiger partial charge in [-0.05, 0) is 41.7 Å². The van der Waals surface area contributed by atoms with Gasteiger partial charge in [0.15, 0.2) is 18.5 Å². The lowest BCUT2D eigenvalue weighted by Crippen LogP contribution is -2.67. The van der Waals surface area contributed by atoms with Gasteiger partial charge >= 0.3 is 17.9 Å². The zero-order valence-corrected chi connectivity index (χ0v) is 43.6. The van der Waals surface area contributed by atoms with Crippen LogP contribution in [-0.2, 0) is 81.6 Å². The first kappa shape index (κ1) is 58.6. The van der Waals surface area contributed by atoms with Crippen molar-refractivity contribution in [2.24, 2.45) is 0 Å². The molecule has 0 bridgehead atoms. The highest BCUT2D eigenvalue weighted by molar-refractivity contribution is 5.94. The van der Waals surface area contributed by atoms with Crippen LogP contribution in [0.1, 0.15) is 106 Å². The van der Waals surface area contributed by atoms with Gasteiger partial charge in [0, 0.05) is 51.4 Å². The maximum atomic E-state index is 14.1. The van der Waals surface area contributed by atoms with E-state index < -0.39 is 96.5 Å². The number of benzene rings is 4. The van der Waals surface area contributed by atoms with Crippen LogP contribution >= 0.6 is 0 Å². The second-order valence-electron chi connectivity index (χ2n) is 18.8. The number of rotatable bonds is 29. The van der Waals surface area contributed by atoms with E-state index in [1.54, 1.807) is 0 Å². The van der Waals surface area contributed by atoms with Crippen LogP contribution in [0.3, 0.4) is 0 Å². The number of hydrogen-bond acceptors (Lipinski definition) is 16. The molecule has 0 aliphatic carbocycles. The third kappa shape index (κ3) is 18.6. The van der Waals surface area contributed by atoms with Gasteiger partial charge in [0.2, 0.25) is 5.91 Å². The number of esters is 3. The Hall–Kier alpha value is -6.61. The third-order valence-electron chi connectivity index (χ3n) is 12.9.